The van der Waals surface area contributed by atoms with Crippen molar-refractivity contribution in [2.75, 3.05) is 11.2 Å². The summed E-state index contributed by atoms with van der Waals surface area (Å²) in [6.07, 6.45) is 2.32. The zero-order valence-corrected chi connectivity index (χ0v) is 8.76. The van der Waals surface area contributed by atoms with Crippen LogP contribution in [-0.2, 0) is 6.42 Å². The van der Waals surface area contributed by atoms with Crippen molar-refractivity contribution < 1.29 is 0 Å². The van der Waals surface area contributed by atoms with Gasteiger partial charge in [0.25, 0.3) is 0 Å². The number of anilines is 1. The van der Waals surface area contributed by atoms with Crippen molar-refractivity contribution in [3.05, 3.63) is 29.8 Å². The summed E-state index contributed by atoms with van der Waals surface area (Å²) in [6, 6.07) is 9.01. The standard InChI is InChI=1S/C10H15N2P/c11-7-9-6-5-8-3-1-2-4-10(8)12(9)13/h1-4,9H,5-7,11,13H2. The van der Waals surface area contributed by atoms with Crippen LogP contribution in [0.25, 0.3) is 0 Å². The Kier molecular flexibility index (Phi) is 2.52. The van der Waals surface area contributed by atoms with Crippen LogP contribution in [0.4, 0.5) is 5.69 Å². The van der Waals surface area contributed by atoms with Gasteiger partial charge < -0.3 is 10.4 Å². The largest absolute Gasteiger partial charge is 0.351 e. The number of hydrogen-bond acceptors (Lipinski definition) is 2. The van der Waals surface area contributed by atoms with Crippen LogP contribution in [0.15, 0.2) is 24.3 Å². The van der Waals surface area contributed by atoms with Gasteiger partial charge in [-0.05, 0) is 33.9 Å². The van der Waals surface area contributed by atoms with Crippen molar-refractivity contribution in [2.24, 2.45) is 5.73 Å². The number of nitrogens with zero attached hydrogens (tertiary/aromatic N) is 1. The number of hydrogen-bond donors (Lipinski definition) is 1. The van der Waals surface area contributed by atoms with Crippen molar-refractivity contribution in [1.82, 2.24) is 0 Å². The number of benzene rings is 1. The Morgan fingerprint density at radius 1 is 1.46 bits per heavy atom. The van der Waals surface area contributed by atoms with Crippen LogP contribution in [0.1, 0.15) is 12.0 Å². The van der Waals surface area contributed by atoms with Crippen LogP contribution in [0, 0.1) is 0 Å². The molecular formula is C10H15N2P. The molecule has 0 radical (unpaired) electrons. The highest BCUT2D eigenvalue weighted by Gasteiger charge is 2.21. The first-order valence-corrected chi connectivity index (χ1v) is 5.16. The minimum Gasteiger partial charge on any atom is -0.351 e. The highest BCUT2D eigenvalue weighted by Crippen LogP contribution is 2.32. The van der Waals surface area contributed by atoms with Gasteiger partial charge in [0, 0.05) is 18.3 Å². The maximum Gasteiger partial charge on any atom is 0.0448 e. The van der Waals surface area contributed by atoms with Crippen molar-refractivity contribution in [3.63, 3.8) is 0 Å². The molecule has 0 bridgehead atoms. The van der Waals surface area contributed by atoms with Crippen LogP contribution >= 0.6 is 9.39 Å². The van der Waals surface area contributed by atoms with Gasteiger partial charge in [0.05, 0.1) is 0 Å². The summed E-state index contributed by atoms with van der Waals surface area (Å²) < 4.78 is 2.22. The van der Waals surface area contributed by atoms with Crippen LogP contribution < -0.4 is 10.4 Å². The lowest BCUT2D eigenvalue weighted by Crippen LogP contribution is -2.37. The van der Waals surface area contributed by atoms with Crippen LogP contribution in [-0.4, -0.2) is 12.6 Å². The Bertz CT molecular complexity index is 301. The van der Waals surface area contributed by atoms with Gasteiger partial charge in [0.2, 0.25) is 0 Å². The molecule has 2 N–H and O–H groups in total. The summed E-state index contributed by atoms with van der Waals surface area (Å²) in [5, 5.41) is 0. The highest BCUT2D eigenvalue weighted by atomic mass is 31.0. The highest BCUT2D eigenvalue weighted by molar-refractivity contribution is 7.19. The Hall–Kier alpha value is -0.590. The molecule has 0 fully saturated rings. The predicted octanol–water partition coefficient (Wildman–Crippen LogP) is 1.56. The minimum atomic E-state index is 0.486. The second-order valence-electron chi connectivity index (χ2n) is 3.46. The zero-order chi connectivity index (χ0) is 9.26. The summed E-state index contributed by atoms with van der Waals surface area (Å²) in [5.74, 6) is 0. The van der Waals surface area contributed by atoms with Gasteiger partial charge in [-0.2, -0.15) is 0 Å². The summed E-state index contributed by atoms with van der Waals surface area (Å²) in [4.78, 5) is 0. The Labute approximate surface area is 81.4 Å². The number of rotatable bonds is 1. The van der Waals surface area contributed by atoms with E-state index in [0.717, 1.165) is 19.4 Å². The third-order valence-corrected chi connectivity index (χ3v) is 3.38. The molecule has 0 aromatic heterocycles. The average molecular weight is 194 g/mol. The summed E-state index contributed by atoms with van der Waals surface area (Å²) >= 11 is 0. The van der Waals surface area contributed by atoms with Crippen molar-refractivity contribution in [1.29, 1.82) is 0 Å². The maximum atomic E-state index is 5.70. The van der Waals surface area contributed by atoms with E-state index >= 15 is 0 Å². The van der Waals surface area contributed by atoms with E-state index in [2.05, 4.69) is 38.3 Å². The Balaban J connectivity index is 2.33. The molecule has 13 heavy (non-hydrogen) atoms. The lowest BCUT2D eigenvalue weighted by molar-refractivity contribution is 0.606. The van der Waals surface area contributed by atoms with E-state index in [0.29, 0.717) is 6.04 Å². The molecule has 2 atom stereocenters. The average Bonchev–Trinajstić information content (AvgIpc) is 2.19. The van der Waals surface area contributed by atoms with Gasteiger partial charge in [-0.3, -0.25) is 0 Å². The second kappa shape index (κ2) is 3.65. The molecule has 2 unspecified atom stereocenters. The molecular weight excluding hydrogens is 179 g/mol. The van der Waals surface area contributed by atoms with E-state index in [4.69, 9.17) is 5.73 Å². The zero-order valence-electron chi connectivity index (χ0n) is 7.61. The minimum absolute atomic E-state index is 0.486. The monoisotopic (exact) mass is 194 g/mol. The molecule has 0 spiro atoms. The number of nitrogens with two attached hydrogens (primary N) is 1. The molecule has 0 amide bonds. The van der Waals surface area contributed by atoms with E-state index in [9.17, 15) is 0 Å². The lowest BCUT2D eigenvalue weighted by Gasteiger charge is -2.34. The Morgan fingerprint density at radius 2 is 2.23 bits per heavy atom. The molecule has 1 heterocycles. The molecule has 2 rings (SSSR count). The van der Waals surface area contributed by atoms with E-state index in [-0.39, 0.29) is 0 Å². The third-order valence-electron chi connectivity index (χ3n) is 2.68. The fourth-order valence-electron chi connectivity index (χ4n) is 1.86. The number of aryl methyl sites for hydroxylation is 1. The van der Waals surface area contributed by atoms with Crippen LogP contribution in [0.2, 0.25) is 0 Å². The second-order valence-corrected chi connectivity index (χ2v) is 4.02. The summed E-state index contributed by atoms with van der Waals surface area (Å²) in [6.45, 7) is 0.734. The normalized spacial score (nSPS) is 21.4. The van der Waals surface area contributed by atoms with Crippen LogP contribution in [0.5, 0.6) is 0 Å². The number of fused-ring (bicyclic) bond motifs is 1. The predicted molar refractivity (Wildman–Crippen MR) is 59.8 cm³/mol. The molecule has 1 aliphatic heterocycles. The van der Waals surface area contributed by atoms with Gasteiger partial charge in [0.15, 0.2) is 0 Å². The van der Waals surface area contributed by atoms with E-state index in [1.807, 2.05) is 0 Å². The fourth-order valence-corrected chi connectivity index (χ4v) is 2.39. The van der Waals surface area contributed by atoms with E-state index < -0.39 is 0 Å². The van der Waals surface area contributed by atoms with Crippen LogP contribution in [0.3, 0.4) is 0 Å². The number of para-hydroxylation sites is 1. The SMILES string of the molecule is NCC1CCc2ccccc2N1P. The fraction of sp³-hybridized carbons (Fsp3) is 0.400. The van der Waals surface area contributed by atoms with Gasteiger partial charge >= 0.3 is 0 Å². The van der Waals surface area contributed by atoms with Gasteiger partial charge in [-0.1, -0.05) is 18.2 Å². The van der Waals surface area contributed by atoms with Crippen molar-refractivity contribution in [3.8, 4) is 0 Å². The molecule has 3 heteroatoms. The molecule has 0 saturated carbocycles. The van der Waals surface area contributed by atoms with E-state index in [1.165, 1.54) is 11.3 Å². The summed E-state index contributed by atoms with van der Waals surface area (Å²) in [5.41, 5.74) is 8.44. The topological polar surface area (TPSA) is 29.3 Å². The quantitative estimate of drug-likeness (QED) is 0.687. The first-order valence-electron chi connectivity index (χ1n) is 4.65. The van der Waals surface area contributed by atoms with Gasteiger partial charge in [-0.15, -0.1) is 0 Å². The third kappa shape index (κ3) is 1.56. The molecule has 70 valence electrons. The smallest absolute Gasteiger partial charge is 0.0448 e. The molecule has 0 aliphatic carbocycles. The lowest BCUT2D eigenvalue weighted by atomic mass is 9.98. The van der Waals surface area contributed by atoms with E-state index in [1.54, 1.807) is 0 Å². The molecule has 0 saturated heterocycles. The molecule has 1 aromatic carbocycles. The first kappa shape index (κ1) is 8.98. The van der Waals surface area contributed by atoms with Gasteiger partial charge in [-0.25, -0.2) is 0 Å². The van der Waals surface area contributed by atoms with Crippen molar-refractivity contribution in [2.45, 2.75) is 18.9 Å². The van der Waals surface area contributed by atoms with Crippen molar-refractivity contribution >= 4 is 15.1 Å². The Morgan fingerprint density at radius 3 is 3.00 bits per heavy atom. The molecule has 1 aliphatic rings. The van der Waals surface area contributed by atoms with Gasteiger partial charge in [0.1, 0.15) is 0 Å². The maximum absolute atomic E-state index is 5.70. The first-order chi connectivity index (χ1) is 6.33. The molecule has 1 aromatic rings. The summed E-state index contributed by atoms with van der Waals surface area (Å²) in [7, 11) is 2.77. The molecule has 2 nitrogen and oxygen atoms in total.